The Morgan fingerprint density at radius 2 is 1.95 bits per heavy atom. The number of hydrogen-bond donors (Lipinski definition) is 2. The maximum absolute atomic E-state index is 13.4. The van der Waals surface area contributed by atoms with Crippen LogP contribution >= 0.6 is 0 Å². The van der Waals surface area contributed by atoms with Gasteiger partial charge in [-0.2, -0.15) is 0 Å². The highest BCUT2D eigenvalue weighted by atomic mass is 32.2. The quantitative estimate of drug-likeness (QED) is 0.796. The number of likely N-dealkylation sites (N-methyl/N-ethyl adjacent to an activating group) is 1. The van der Waals surface area contributed by atoms with E-state index >= 15 is 0 Å². The summed E-state index contributed by atoms with van der Waals surface area (Å²) in [6.45, 7) is 1.60. The Hall–Kier alpha value is -1.02. The van der Waals surface area contributed by atoms with E-state index in [0.717, 1.165) is 6.07 Å². The third-order valence-corrected chi connectivity index (χ3v) is 3.86. The van der Waals surface area contributed by atoms with Gasteiger partial charge in [0.05, 0.1) is 5.60 Å². The molecule has 0 fully saturated rings. The molecule has 0 saturated heterocycles. The second-order valence-corrected chi connectivity index (χ2v) is 6.73. The van der Waals surface area contributed by atoms with Crippen LogP contribution in [0.25, 0.3) is 0 Å². The summed E-state index contributed by atoms with van der Waals surface area (Å²) in [5.41, 5.74) is -1.23. The SMILES string of the molecule is CN(C)CC(C)(O)CNS(=O)(=O)c1ccccc1F. The van der Waals surface area contributed by atoms with Crippen LogP contribution in [0.1, 0.15) is 6.92 Å². The van der Waals surface area contributed by atoms with Gasteiger partial charge in [-0.05, 0) is 33.2 Å². The first kappa shape index (κ1) is 16.0. The number of nitrogens with one attached hydrogen (secondary N) is 1. The van der Waals surface area contributed by atoms with E-state index in [4.69, 9.17) is 0 Å². The topological polar surface area (TPSA) is 69.6 Å². The largest absolute Gasteiger partial charge is 0.387 e. The molecule has 0 aromatic heterocycles. The zero-order valence-corrected chi connectivity index (χ0v) is 12.0. The average molecular weight is 290 g/mol. The molecule has 1 aromatic rings. The van der Waals surface area contributed by atoms with Crippen molar-refractivity contribution in [2.24, 2.45) is 0 Å². The van der Waals surface area contributed by atoms with E-state index in [9.17, 15) is 17.9 Å². The van der Waals surface area contributed by atoms with Crippen molar-refractivity contribution in [2.45, 2.75) is 17.4 Å². The van der Waals surface area contributed by atoms with Gasteiger partial charge >= 0.3 is 0 Å². The molecular weight excluding hydrogens is 271 g/mol. The van der Waals surface area contributed by atoms with Crippen LogP contribution in [-0.4, -0.2) is 51.2 Å². The van der Waals surface area contributed by atoms with Crippen molar-refractivity contribution in [3.8, 4) is 0 Å². The Morgan fingerprint density at radius 3 is 2.47 bits per heavy atom. The Labute approximate surface area is 113 Å². The summed E-state index contributed by atoms with van der Waals surface area (Å²) in [7, 11) is -0.436. The number of sulfonamides is 1. The highest BCUT2D eigenvalue weighted by molar-refractivity contribution is 7.89. The van der Waals surface area contributed by atoms with E-state index in [-0.39, 0.29) is 13.1 Å². The normalized spacial score (nSPS) is 15.5. The standard InChI is InChI=1S/C12H19FN2O3S/c1-12(16,9-15(2)3)8-14-19(17,18)11-7-5-4-6-10(11)13/h4-7,14,16H,8-9H2,1-3H3. The van der Waals surface area contributed by atoms with E-state index in [2.05, 4.69) is 4.72 Å². The van der Waals surface area contributed by atoms with Crippen LogP contribution in [0.2, 0.25) is 0 Å². The maximum Gasteiger partial charge on any atom is 0.243 e. The van der Waals surface area contributed by atoms with E-state index in [1.165, 1.54) is 25.1 Å². The van der Waals surface area contributed by atoms with Gasteiger partial charge in [-0.15, -0.1) is 0 Å². The van der Waals surface area contributed by atoms with Gasteiger partial charge in [0.25, 0.3) is 0 Å². The number of nitrogens with zero attached hydrogens (tertiary/aromatic N) is 1. The van der Waals surface area contributed by atoms with Crippen molar-refractivity contribution in [1.82, 2.24) is 9.62 Å². The minimum absolute atomic E-state index is 0.193. The van der Waals surface area contributed by atoms with Gasteiger partial charge in [-0.1, -0.05) is 12.1 Å². The van der Waals surface area contributed by atoms with Crippen LogP contribution in [0.3, 0.4) is 0 Å². The summed E-state index contributed by atoms with van der Waals surface area (Å²) in [6, 6.07) is 5.11. The minimum atomic E-state index is -3.96. The van der Waals surface area contributed by atoms with Gasteiger partial charge in [-0.3, -0.25) is 0 Å². The maximum atomic E-state index is 13.4. The highest BCUT2D eigenvalue weighted by Crippen LogP contribution is 2.14. The Morgan fingerprint density at radius 1 is 1.37 bits per heavy atom. The Bertz CT molecular complexity index is 530. The molecule has 1 aromatic carbocycles. The molecule has 0 aliphatic carbocycles. The Balaban J connectivity index is 2.80. The van der Waals surface area contributed by atoms with Crippen molar-refractivity contribution in [2.75, 3.05) is 27.2 Å². The van der Waals surface area contributed by atoms with E-state index in [1.54, 1.807) is 19.0 Å². The van der Waals surface area contributed by atoms with Gasteiger partial charge < -0.3 is 10.0 Å². The molecule has 1 unspecified atom stereocenters. The third kappa shape index (κ3) is 4.87. The van der Waals surface area contributed by atoms with Crippen LogP contribution in [0.15, 0.2) is 29.2 Å². The number of benzene rings is 1. The molecule has 7 heteroatoms. The van der Waals surface area contributed by atoms with Crippen LogP contribution < -0.4 is 4.72 Å². The number of hydrogen-bond acceptors (Lipinski definition) is 4. The van der Waals surface area contributed by atoms with E-state index < -0.39 is 26.3 Å². The van der Waals surface area contributed by atoms with Crippen molar-refractivity contribution in [3.63, 3.8) is 0 Å². The molecule has 1 rings (SSSR count). The number of rotatable bonds is 6. The molecule has 108 valence electrons. The molecule has 0 saturated carbocycles. The molecular formula is C12H19FN2O3S. The van der Waals surface area contributed by atoms with Crippen LogP contribution in [0.4, 0.5) is 4.39 Å². The second-order valence-electron chi connectivity index (χ2n) is 4.99. The fourth-order valence-electron chi connectivity index (χ4n) is 1.73. The zero-order valence-electron chi connectivity index (χ0n) is 11.2. The predicted molar refractivity (Wildman–Crippen MR) is 70.8 cm³/mol. The van der Waals surface area contributed by atoms with Gasteiger partial charge in [0, 0.05) is 13.1 Å². The molecule has 5 nitrogen and oxygen atoms in total. The van der Waals surface area contributed by atoms with Crippen LogP contribution in [0, 0.1) is 5.82 Å². The van der Waals surface area contributed by atoms with Crippen LogP contribution in [0.5, 0.6) is 0 Å². The molecule has 2 N–H and O–H groups in total. The lowest BCUT2D eigenvalue weighted by Gasteiger charge is -2.27. The lowest BCUT2D eigenvalue weighted by Crippen LogP contribution is -2.47. The summed E-state index contributed by atoms with van der Waals surface area (Å²) in [5.74, 6) is -0.817. The van der Waals surface area contributed by atoms with Gasteiger partial charge in [0.1, 0.15) is 10.7 Å². The van der Waals surface area contributed by atoms with E-state index in [0.29, 0.717) is 0 Å². The smallest absolute Gasteiger partial charge is 0.243 e. The molecule has 1 atom stereocenters. The number of halogens is 1. The van der Waals surface area contributed by atoms with Crippen molar-refractivity contribution < 1.29 is 17.9 Å². The average Bonchev–Trinajstić information content (AvgIpc) is 2.25. The Kier molecular flexibility index (Phi) is 5.03. The first-order chi connectivity index (χ1) is 8.64. The molecule has 0 spiro atoms. The summed E-state index contributed by atoms with van der Waals surface area (Å²) < 4.78 is 39.5. The van der Waals surface area contributed by atoms with Crippen molar-refractivity contribution in [1.29, 1.82) is 0 Å². The molecule has 0 amide bonds. The van der Waals surface area contributed by atoms with Gasteiger partial charge in [0.2, 0.25) is 10.0 Å². The summed E-state index contributed by atoms with van der Waals surface area (Å²) in [5, 5.41) is 10.0. The first-order valence-corrected chi connectivity index (χ1v) is 7.24. The predicted octanol–water partition coefficient (Wildman–Crippen LogP) is 0.417. The molecule has 19 heavy (non-hydrogen) atoms. The lowest BCUT2D eigenvalue weighted by molar-refractivity contribution is 0.0386. The molecule has 0 aliphatic heterocycles. The summed E-state index contributed by atoms with van der Waals surface area (Å²) in [4.78, 5) is 1.31. The fourth-order valence-corrected chi connectivity index (χ4v) is 2.97. The monoisotopic (exact) mass is 290 g/mol. The van der Waals surface area contributed by atoms with Crippen molar-refractivity contribution in [3.05, 3.63) is 30.1 Å². The van der Waals surface area contributed by atoms with Gasteiger partial charge in [0.15, 0.2) is 0 Å². The first-order valence-electron chi connectivity index (χ1n) is 5.75. The zero-order chi connectivity index (χ0) is 14.7. The highest BCUT2D eigenvalue weighted by Gasteiger charge is 2.26. The van der Waals surface area contributed by atoms with Gasteiger partial charge in [-0.25, -0.2) is 17.5 Å². The molecule has 0 heterocycles. The third-order valence-electron chi connectivity index (χ3n) is 2.43. The number of aliphatic hydroxyl groups is 1. The minimum Gasteiger partial charge on any atom is -0.387 e. The van der Waals surface area contributed by atoms with E-state index in [1.807, 2.05) is 0 Å². The molecule has 0 aliphatic rings. The molecule has 0 bridgehead atoms. The molecule has 0 radical (unpaired) electrons. The summed E-state index contributed by atoms with van der Waals surface area (Å²) >= 11 is 0. The lowest BCUT2D eigenvalue weighted by atomic mass is 10.1. The van der Waals surface area contributed by atoms with Crippen LogP contribution in [-0.2, 0) is 10.0 Å². The summed E-state index contributed by atoms with van der Waals surface area (Å²) in [6.07, 6.45) is 0. The van der Waals surface area contributed by atoms with Crippen molar-refractivity contribution >= 4 is 10.0 Å². The second kappa shape index (κ2) is 5.96. The fraction of sp³-hybridized carbons (Fsp3) is 0.500.